The zero-order valence-corrected chi connectivity index (χ0v) is 8.46. The minimum absolute atomic E-state index is 0.0761. The molecule has 1 heterocycles. The lowest BCUT2D eigenvalue weighted by molar-refractivity contribution is 0.144. The van der Waals surface area contributed by atoms with Crippen LogP contribution in [0.3, 0.4) is 0 Å². The molecule has 0 saturated heterocycles. The molecule has 0 radical (unpaired) electrons. The fourth-order valence-corrected chi connectivity index (χ4v) is 1.19. The molecular formula is C9H12F2N2O2. The number of pyridine rings is 1. The highest BCUT2D eigenvalue weighted by Gasteiger charge is 2.17. The average molecular weight is 218 g/mol. The van der Waals surface area contributed by atoms with Gasteiger partial charge in [0.15, 0.2) is 0 Å². The first-order valence-corrected chi connectivity index (χ1v) is 4.24. The monoisotopic (exact) mass is 218 g/mol. The Hall–Kier alpha value is -1.43. The quantitative estimate of drug-likeness (QED) is 0.831. The van der Waals surface area contributed by atoms with Gasteiger partial charge in [0.05, 0.1) is 19.8 Å². The Bertz CT molecular complexity index is 320. The van der Waals surface area contributed by atoms with Gasteiger partial charge in [0.1, 0.15) is 11.4 Å². The highest BCUT2D eigenvalue weighted by molar-refractivity contribution is 5.42. The summed E-state index contributed by atoms with van der Waals surface area (Å²) in [5.41, 5.74) is 5.53. The highest BCUT2D eigenvalue weighted by atomic mass is 19.3. The van der Waals surface area contributed by atoms with E-state index in [4.69, 9.17) is 15.2 Å². The zero-order chi connectivity index (χ0) is 11.4. The predicted molar refractivity (Wildman–Crippen MR) is 50.2 cm³/mol. The minimum atomic E-state index is -2.67. The molecule has 0 unspecified atom stereocenters. The maximum Gasteiger partial charge on any atom is 0.280 e. The van der Waals surface area contributed by atoms with Gasteiger partial charge in [-0.15, -0.1) is 0 Å². The van der Waals surface area contributed by atoms with E-state index in [9.17, 15) is 8.78 Å². The number of alkyl halides is 2. The maximum atomic E-state index is 12.4. The number of hydrogen-bond acceptors (Lipinski definition) is 4. The molecule has 2 N–H and O–H groups in total. The third-order valence-electron chi connectivity index (χ3n) is 1.91. The summed E-state index contributed by atoms with van der Waals surface area (Å²) in [4.78, 5) is 3.64. The van der Waals surface area contributed by atoms with Gasteiger partial charge in [0, 0.05) is 12.6 Å². The van der Waals surface area contributed by atoms with Gasteiger partial charge < -0.3 is 15.2 Å². The summed E-state index contributed by atoms with van der Waals surface area (Å²) < 4.78 is 34.7. The van der Waals surface area contributed by atoms with E-state index in [-0.39, 0.29) is 23.9 Å². The lowest BCUT2D eigenvalue weighted by Crippen LogP contribution is -2.06. The molecule has 4 nitrogen and oxygen atoms in total. The molecule has 0 bridgehead atoms. The van der Waals surface area contributed by atoms with Gasteiger partial charge in [-0.25, -0.2) is 13.8 Å². The van der Waals surface area contributed by atoms with Gasteiger partial charge in [0.2, 0.25) is 5.88 Å². The number of rotatable bonds is 4. The molecule has 0 spiro atoms. The first kappa shape index (κ1) is 11.6. The molecular weight excluding hydrogens is 206 g/mol. The van der Waals surface area contributed by atoms with Crippen LogP contribution < -0.4 is 15.2 Å². The number of nitrogens with two attached hydrogens (primary N) is 1. The van der Waals surface area contributed by atoms with Crippen LogP contribution >= 0.6 is 0 Å². The zero-order valence-electron chi connectivity index (χ0n) is 8.46. The molecule has 0 aliphatic rings. The molecule has 15 heavy (non-hydrogen) atoms. The number of aromatic nitrogens is 1. The van der Waals surface area contributed by atoms with E-state index in [0.29, 0.717) is 5.56 Å². The van der Waals surface area contributed by atoms with Crippen molar-refractivity contribution in [1.82, 2.24) is 4.98 Å². The van der Waals surface area contributed by atoms with Gasteiger partial charge in [-0.05, 0) is 0 Å². The second-order valence-corrected chi connectivity index (χ2v) is 2.74. The molecule has 1 rings (SSSR count). The van der Waals surface area contributed by atoms with Crippen LogP contribution in [0.15, 0.2) is 6.07 Å². The van der Waals surface area contributed by atoms with Crippen molar-refractivity contribution in [3.63, 3.8) is 0 Å². The van der Waals surface area contributed by atoms with Crippen molar-refractivity contribution < 1.29 is 18.3 Å². The summed E-state index contributed by atoms with van der Waals surface area (Å²) in [6, 6.07) is 1.16. The highest BCUT2D eigenvalue weighted by Crippen LogP contribution is 2.30. The van der Waals surface area contributed by atoms with Crippen molar-refractivity contribution in [2.75, 3.05) is 14.2 Å². The van der Waals surface area contributed by atoms with Gasteiger partial charge in [0.25, 0.3) is 6.43 Å². The van der Waals surface area contributed by atoms with E-state index < -0.39 is 6.43 Å². The lowest BCUT2D eigenvalue weighted by atomic mass is 10.2. The molecule has 0 saturated carbocycles. The van der Waals surface area contributed by atoms with Crippen molar-refractivity contribution in [3.8, 4) is 11.6 Å². The Balaban J connectivity index is 3.29. The summed E-state index contributed by atoms with van der Waals surface area (Å²) in [5.74, 6) is 0.340. The number of hydrogen-bond donors (Lipinski definition) is 1. The third kappa shape index (κ3) is 2.33. The fourth-order valence-electron chi connectivity index (χ4n) is 1.19. The molecule has 6 heteroatoms. The molecule has 1 aromatic heterocycles. The SMILES string of the molecule is COc1cc(C(F)F)nc(OC)c1CN. The van der Waals surface area contributed by atoms with Gasteiger partial charge in [-0.1, -0.05) is 0 Å². The van der Waals surface area contributed by atoms with E-state index in [1.165, 1.54) is 14.2 Å². The van der Waals surface area contributed by atoms with Crippen LogP contribution in [0.4, 0.5) is 8.78 Å². The third-order valence-corrected chi connectivity index (χ3v) is 1.91. The summed E-state index contributed by atoms with van der Waals surface area (Å²) in [5, 5.41) is 0. The molecule has 0 aromatic carbocycles. The number of nitrogens with zero attached hydrogens (tertiary/aromatic N) is 1. The van der Waals surface area contributed by atoms with Crippen LogP contribution in [0.1, 0.15) is 17.7 Å². The van der Waals surface area contributed by atoms with Crippen LogP contribution in [0.2, 0.25) is 0 Å². The average Bonchev–Trinajstić information content (AvgIpc) is 2.26. The maximum absolute atomic E-state index is 12.4. The summed E-state index contributed by atoms with van der Waals surface area (Å²) in [6.45, 7) is 0.114. The van der Waals surface area contributed by atoms with Gasteiger partial charge >= 0.3 is 0 Å². The van der Waals surface area contributed by atoms with Crippen LogP contribution in [-0.4, -0.2) is 19.2 Å². The Morgan fingerprint density at radius 3 is 2.47 bits per heavy atom. The Morgan fingerprint density at radius 1 is 1.40 bits per heavy atom. The summed E-state index contributed by atoms with van der Waals surface area (Å²) in [6.07, 6.45) is -2.67. The summed E-state index contributed by atoms with van der Waals surface area (Å²) >= 11 is 0. The van der Waals surface area contributed by atoms with Crippen molar-refractivity contribution >= 4 is 0 Å². The first-order chi connectivity index (χ1) is 7.13. The van der Waals surface area contributed by atoms with Crippen LogP contribution in [0, 0.1) is 0 Å². The second kappa shape index (κ2) is 4.88. The molecule has 0 aliphatic heterocycles. The van der Waals surface area contributed by atoms with Crippen molar-refractivity contribution in [3.05, 3.63) is 17.3 Å². The van der Waals surface area contributed by atoms with E-state index in [2.05, 4.69) is 4.98 Å². The number of halogens is 2. The van der Waals surface area contributed by atoms with E-state index in [1.54, 1.807) is 0 Å². The topological polar surface area (TPSA) is 57.4 Å². The van der Waals surface area contributed by atoms with Crippen LogP contribution in [0.25, 0.3) is 0 Å². The van der Waals surface area contributed by atoms with E-state index in [1.807, 2.05) is 0 Å². The molecule has 0 aliphatic carbocycles. The molecule has 0 amide bonds. The standard InChI is InChI=1S/C9H12F2N2O2/c1-14-7-3-6(8(10)11)13-9(15-2)5(7)4-12/h3,8H,4,12H2,1-2H3. The smallest absolute Gasteiger partial charge is 0.280 e. The van der Waals surface area contributed by atoms with Crippen molar-refractivity contribution in [2.45, 2.75) is 13.0 Å². The lowest BCUT2D eigenvalue weighted by Gasteiger charge is -2.12. The predicted octanol–water partition coefficient (Wildman–Crippen LogP) is 1.50. The molecule has 0 atom stereocenters. The molecule has 84 valence electrons. The molecule has 0 fully saturated rings. The largest absolute Gasteiger partial charge is 0.496 e. The van der Waals surface area contributed by atoms with Crippen molar-refractivity contribution in [2.24, 2.45) is 5.73 Å². The Kier molecular flexibility index (Phi) is 3.79. The van der Waals surface area contributed by atoms with E-state index >= 15 is 0 Å². The Labute approximate surface area is 86.0 Å². The van der Waals surface area contributed by atoms with Crippen LogP contribution in [-0.2, 0) is 6.54 Å². The first-order valence-electron chi connectivity index (χ1n) is 4.24. The fraction of sp³-hybridized carbons (Fsp3) is 0.444. The Morgan fingerprint density at radius 2 is 2.07 bits per heavy atom. The number of ether oxygens (including phenoxy) is 2. The molecule has 1 aromatic rings. The van der Waals surface area contributed by atoms with Gasteiger partial charge in [-0.2, -0.15) is 0 Å². The van der Waals surface area contributed by atoms with Crippen LogP contribution in [0.5, 0.6) is 11.6 Å². The van der Waals surface area contributed by atoms with E-state index in [0.717, 1.165) is 6.07 Å². The summed E-state index contributed by atoms with van der Waals surface area (Å²) in [7, 11) is 2.72. The van der Waals surface area contributed by atoms with Crippen molar-refractivity contribution in [1.29, 1.82) is 0 Å². The second-order valence-electron chi connectivity index (χ2n) is 2.74. The number of methoxy groups -OCH3 is 2. The minimum Gasteiger partial charge on any atom is -0.496 e. The van der Waals surface area contributed by atoms with Gasteiger partial charge in [-0.3, -0.25) is 0 Å². The normalized spacial score (nSPS) is 10.5.